The maximum atomic E-state index is 12.3. The molecule has 0 aliphatic carbocycles. The second-order valence-electron chi connectivity index (χ2n) is 8.28. The van der Waals surface area contributed by atoms with Gasteiger partial charge in [0.1, 0.15) is 23.4 Å². The highest BCUT2D eigenvalue weighted by Gasteiger charge is 2.37. The molecule has 0 saturated heterocycles. The van der Waals surface area contributed by atoms with Crippen LogP contribution in [-0.2, 0) is 16.0 Å². The van der Waals surface area contributed by atoms with Crippen molar-refractivity contribution in [1.82, 2.24) is 0 Å². The van der Waals surface area contributed by atoms with Crippen LogP contribution in [0.4, 0.5) is 0 Å². The number of aliphatic hydroxyl groups excluding tert-OH is 1. The minimum Gasteiger partial charge on any atom is -0.507 e. The lowest BCUT2D eigenvalue weighted by molar-refractivity contribution is -0.140. The van der Waals surface area contributed by atoms with E-state index in [2.05, 4.69) is 0 Å². The van der Waals surface area contributed by atoms with Crippen LogP contribution in [0.5, 0.6) is 40.2 Å². The van der Waals surface area contributed by atoms with Gasteiger partial charge in [-0.3, -0.25) is 4.79 Å². The molecule has 3 aromatic rings. The molecule has 0 amide bonds. The number of aliphatic hydroxyl groups is 1. The zero-order valence-corrected chi connectivity index (χ0v) is 18.5. The Bertz CT molecular complexity index is 1290. The summed E-state index contributed by atoms with van der Waals surface area (Å²) in [7, 11) is 1.19. The Labute approximate surface area is 199 Å². The topological polar surface area (TPSA) is 177 Å². The van der Waals surface area contributed by atoms with Crippen molar-refractivity contribution in [2.75, 3.05) is 7.11 Å². The van der Waals surface area contributed by atoms with Gasteiger partial charge in [-0.25, -0.2) is 0 Å². The van der Waals surface area contributed by atoms with Crippen LogP contribution in [0.1, 0.15) is 40.7 Å². The molecule has 0 fully saturated rings. The Morgan fingerprint density at radius 1 is 0.914 bits per heavy atom. The predicted molar refractivity (Wildman–Crippen MR) is 121 cm³/mol. The van der Waals surface area contributed by atoms with Crippen LogP contribution >= 0.6 is 0 Å². The Balaban J connectivity index is 1.88. The maximum absolute atomic E-state index is 12.3. The summed E-state index contributed by atoms with van der Waals surface area (Å²) < 4.78 is 10.9. The van der Waals surface area contributed by atoms with Crippen molar-refractivity contribution in [2.45, 2.75) is 31.0 Å². The van der Waals surface area contributed by atoms with Crippen molar-refractivity contribution in [2.24, 2.45) is 0 Å². The molecule has 10 nitrogen and oxygen atoms in total. The quantitative estimate of drug-likeness (QED) is 0.210. The average Bonchev–Trinajstić information content (AvgIpc) is 2.82. The van der Waals surface area contributed by atoms with Crippen molar-refractivity contribution in [3.05, 3.63) is 64.7 Å². The Kier molecular flexibility index (Phi) is 6.23. The minimum atomic E-state index is -1.16. The Morgan fingerprint density at radius 2 is 1.57 bits per heavy atom. The van der Waals surface area contributed by atoms with Crippen molar-refractivity contribution in [1.29, 1.82) is 0 Å². The van der Waals surface area contributed by atoms with E-state index in [0.29, 0.717) is 11.1 Å². The molecular weight excluding hydrogens is 460 g/mol. The first-order chi connectivity index (χ1) is 16.6. The first kappa shape index (κ1) is 23.8. The third-order valence-corrected chi connectivity index (χ3v) is 6.06. The number of benzene rings is 3. The van der Waals surface area contributed by atoms with Gasteiger partial charge in [0.25, 0.3) is 0 Å². The second-order valence-corrected chi connectivity index (χ2v) is 8.28. The van der Waals surface area contributed by atoms with E-state index >= 15 is 0 Å². The largest absolute Gasteiger partial charge is 0.507 e. The molecule has 3 atom stereocenters. The molecule has 4 rings (SSSR count). The van der Waals surface area contributed by atoms with E-state index in [1.807, 2.05) is 0 Å². The number of hydrogen-bond acceptors (Lipinski definition) is 10. The lowest BCUT2D eigenvalue weighted by Crippen LogP contribution is -2.31. The lowest BCUT2D eigenvalue weighted by Gasteiger charge is -2.34. The maximum Gasteiger partial charge on any atom is 0.306 e. The number of phenolic OH excluding ortho intramolecular Hbond substituents is 6. The van der Waals surface area contributed by atoms with Crippen LogP contribution < -0.4 is 4.74 Å². The van der Waals surface area contributed by atoms with Crippen LogP contribution in [-0.4, -0.2) is 54.9 Å². The number of hydrogen-bond donors (Lipinski definition) is 7. The molecule has 1 aliphatic heterocycles. The third-order valence-electron chi connectivity index (χ3n) is 6.06. The fraction of sp³-hybridized carbons (Fsp3) is 0.240. The molecule has 0 spiro atoms. The van der Waals surface area contributed by atoms with E-state index in [0.717, 1.165) is 6.07 Å². The Hall–Kier alpha value is -4.31. The van der Waals surface area contributed by atoms with Crippen molar-refractivity contribution in [3.63, 3.8) is 0 Å². The number of methoxy groups -OCH3 is 1. The molecule has 0 radical (unpaired) electrons. The number of rotatable bonds is 5. The molecular formula is C25H24O10. The summed E-state index contributed by atoms with van der Waals surface area (Å²) in [6.45, 7) is 0. The third kappa shape index (κ3) is 4.43. The van der Waals surface area contributed by atoms with Crippen molar-refractivity contribution in [3.8, 4) is 40.2 Å². The number of phenols is 6. The second kappa shape index (κ2) is 9.15. The zero-order valence-electron chi connectivity index (χ0n) is 18.5. The zero-order chi connectivity index (χ0) is 25.4. The number of esters is 1. The van der Waals surface area contributed by atoms with Gasteiger partial charge in [0.2, 0.25) is 0 Å². The molecule has 10 heteroatoms. The molecule has 184 valence electrons. The summed E-state index contributed by atoms with van der Waals surface area (Å²) in [6, 6.07) is 8.88. The minimum absolute atomic E-state index is 0.00633. The highest BCUT2D eigenvalue weighted by Crippen LogP contribution is 2.51. The van der Waals surface area contributed by atoms with Gasteiger partial charge in [-0.15, -0.1) is 0 Å². The van der Waals surface area contributed by atoms with Crippen molar-refractivity contribution < 1.29 is 50.0 Å². The number of carbonyl (C=O) groups is 1. The van der Waals surface area contributed by atoms with E-state index < -0.39 is 41.3 Å². The first-order valence-corrected chi connectivity index (χ1v) is 10.6. The van der Waals surface area contributed by atoms with Crippen LogP contribution in [0.2, 0.25) is 0 Å². The molecule has 0 unspecified atom stereocenters. The molecule has 0 aromatic heterocycles. The fourth-order valence-electron chi connectivity index (χ4n) is 4.28. The summed E-state index contributed by atoms with van der Waals surface area (Å²) in [5.74, 6) is -3.93. The summed E-state index contributed by atoms with van der Waals surface area (Å²) in [6.07, 6.45) is -2.60. The van der Waals surface area contributed by atoms with Gasteiger partial charge in [0.15, 0.2) is 23.0 Å². The van der Waals surface area contributed by atoms with E-state index in [9.17, 15) is 40.5 Å². The molecule has 7 N–H and O–H groups in total. The lowest BCUT2D eigenvalue weighted by atomic mass is 9.83. The fourth-order valence-corrected chi connectivity index (χ4v) is 4.28. The number of carbonyl (C=O) groups excluding carboxylic acids is 1. The molecule has 1 aliphatic rings. The first-order valence-electron chi connectivity index (χ1n) is 10.6. The smallest absolute Gasteiger partial charge is 0.306 e. The highest BCUT2D eigenvalue weighted by molar-refractivity contribution is 5.73. The van der Waals surface area contributed by atoms with Gasteiger partial charge in [0, 0.05) is 29.5 Å². The summed E-state index contributed by atoms with van der Waals surface area (Å²) in [4.78, 5) is 12.3. The molecule has 1 heterocycles. The molecule has 0 saturated carbocycles. The number of ether oxygens (including phenoxy) is 2. The number of fused-ring (bicyclic) bond motifs is 1. The number of aromatic hydroxyl groups is 6. The van der Waals surface area contributed by atoms with E-state index in [-0.39, 0.29) is 47.0 Å². The predicted octanol–water partition coefficient (Wildman–Crippen LogP) is 2.65. The van der Waals surface area contributed by atoms with Crippen LogP contribution in [0.15, 0.2) is 42.5 Å². The van der Waals surface area contributed by atoms with Gasteiger partial charge in [-0.1, -0.05) is 12.1 Å². The van der Waals surface area contributed by atoms with E-state index in [4.69, 9.17) is 9.47 Å². The van der Waals surface area contributed by atoms with Crippen LogP contribution in [0, 0.1) is 0 Å². The molecule has 0 bridgehead atoms. The summed E-state index contributed by atoms with van der Waals surface area (Å²) in [5, 5.41) is 71.4. The average molecular weight is 484 g/mol. The Morgan fingerprint density at radius 3 is 2.20 bits per heavy atom. The summed E-state index contributed by atoms with van der Waals surface area (Å²) in [5.41, 5.74) is 0.928. The highest BCUT2D eigenvalue weighted by atomic mass is 16.5. The SMILES string of the molecule is COC(=O)C[C@H](c1ccc(O)c(O)c1)c1c(O)cc(O)c2c1O[C@H](c1ccc(O)c(O)c1)[C@H](O)C2. The standard InChI is InChI=1S/C25H24O10/c1-34-22(33)9-13(11-2-4-15(26)18(29)6-11)23-20(31)10-17(28)14-8-21(32)24(35-25(14)23)12-3-5-16(27)19(30)7-12/h2-7,10,13,21,24,26-32H,8-9H2,1H3/t13-,21-,24-/m1/s1. The molecule has 3 aromatic carbocycles. The van der Waals surface area contributed by atoms with Gasteiger partial charge in [-0.05, 0) is 35.4 Å². The normalized spacial score (nSPS) is 17.8. The van der Waals surface area contributed by atoms with Crippen LogP contribution in [0.25, 0.3) is 0 Å². The summed E-state index contributed by atoms with van der Waals surface area (Å²) >= 11 is 0. The van der Waals surface area contributed by atoms with Crippen LogP contribution in [0.3, 0.4) is 0 Å². The van der Waals surface area contributed by atoms with Gasteiger partial charge in [0.05, 0.1) is 19.6 Å². The molecule has 35 heavy (non-hydrogen) atoms. The monoisotopic (exact) mass is 484 g/mol. The van der Waals surface area contributed by atoms with Gasteiger partial charge < -0.3 is 45.2 Å². The van der Waals surface area contributed by atoms with Crippen molar-refractivity contribution >= 4 is 5.97 Å². The van der Waals surface area contributed by atoms with E-state index in [1.54, 1.807) is 0 Å². The van der Waals surface area contributed by atoms with E-state index in [1.165, 1.54) is 43.5 Å². The van der Waals surface area contributed by atoms with Gasteiger partial charge in [-0.2, -0.15) is 0 Å². The van der Waals surface area contributed by atoms with Gasteiger partial charge >= 0.3 is 5.97 Å².